The minimum Gasteiger partial charge on any atom is -0.395 e. The minimum absolute atomic E-state index is 0.223. The summed E-state index contributed by atoms with van der Waals surface area (Å²) in [5, 5.41) is 12.3. The molecule has 14 heavy (non-hydrogen) atoms. The molecule has 0 aromatic heterocycles. The zero-order valence-corrected chi connectivity index (χ0v) is 8.74. The van der Waals surface area contributed by atoms with Crippen molar-refractivity contribution in [1.29, 1.82) is 0 Å². The van der Waals surface area contributed by atoms with Crippen molar-refractivity contribution in [3.63, 3.8) is 0 Å². The Hall–Kier alpha value is -0.860. The summed E-state index contributed by atoms with van der Waals surface area (Å²) >= 11 is 0. The van der Waals surface area contributed by atoms with Gasteiger partial charge < -0.3 is 10.4 Å². The van der Waals surface area contributed by atoms with E-state index in [0.717, 1.165) is 19.4 Å². The molecule has 1 aromatic carbocycles. The smallest absolute Gasteiger partial charge is 0.0584 e. The average Bonchev–Trinajstić information content (AvgIpc) is 2.25. The highest BCUT2D eigenvalue weighted by Crippen LogP contribution is 2.04. The van der Waals surface area contributed by atoms with Crippen molar-refractivity contribution in [1.82, 2.24) is 5.32 Å². The molecule has 1 rings (SSSR count). The summed E-state index contributed by atoms with van der Waals surface area (Å²) in [5.41, 5.74) is 1.34. The summed E-state index contributed by atoms with van der Waals surface area (Å²) in [6.45, 7) is 3.20. The van der Waals surface area contributed by atoms with Crippen molar-refractivity contribution in [2.45, 2.75) is 25.8 Å². The molecular weight excluding hydrogens is 174 g/mol. The van der Waals surface area contributed by atoms with E-state index in [1.54, 1.807) is 0 Å². The molecular formula is C12H19NO. The van der Waals surface area contributed by atoms with E-state index in [2.05, 4.69) is 36.5 Å². The van der Waals surface area contributed by atoms with Crippen molar-refractivity contribution in [2.75, 3.05) is 13.2 Å². The van der Waals surface area contributed by atoms with Gasteiger partial charge in [0.2, 0.25) is 0 Å². The molecule has 1 atom stereocenters. The predicted molar refractivity (Wildman–Crippen MR) is 59.3 cm³/mol. The van der Waals surface area contributed by atoms with Gasteiger partial charge in [-0.05, 0) is 24.9 Å². The normalized spacial score (nSPS) is 12.7. The lowest BCUT2D eigenvalue weighted by molar-refractivity contribution is 0.237. The molecule has 0 fully saturated rings. The monoisotopic (exact) mass is 193 g/mol. The highest BCUT2D eigenvalue weighted by atomic mass is 16.3. The van der Waals surface area contributed by atoms with E-state index in [-0.39, 0.29) is 12.6 Å². The summed E-state index contributed by atoms with van der Waals surface area (Å²) in [6, 6.07) is 10.6. The molecule has 1 unspecified atom stereocenters. The van der Waals surface area contributed by atoms with Gasteiger partial charge in [0, 0.05) is 6.04 Å². The molecule has 0 amide bonds. The maximum Gasteiger partial charge on any atom is 0.0584 e. The summed E-state index contributed by atoms with van der Waals surface area (Å²) in [6.07, 6.45) is 2.02. The second-order valence-corrected chi connectivity index (χ2v) is 3.46. The average molecular weight is 193 g/mol. The number of aliphatic hydroxyl groups excluding tert-OH is 1. The second kappa shape index (κ2) is 6.57. The van der Waals surface area contributed by atoms with Gasteiger partial charge in [-0.1, -0.05) is 37.3 Å². The third kappa shape index (κ3) is 3.90. The van der Waals surface area contributed by atoms with Crippen LogP contribution in [0.3, 0.4) is 0 Å². The van der Waals surface area contributed by atoms with Crippen molar-refractivity contribution in [2.24, 2.45) is 0 Å². The van der Waals surface area contributed by atoms with Crippen LogP contribution in [-0.2, 0) is 6.42 Å². The maximum absolute atomic E-state index is 9.07. The van der Waals surface area contributed by atoms with Gasteiger partial charge in [-0.3, -0.25) is 0 Å². The van der Waals surface area contributed by atoms with Crippen LogP contribution in [0.2, 0.25) is 0 Å². The van der Waals surface area contributed by atoms with E-state index in [1.165, 1.54) is 5.56 Å². The molecule has 0 saturated carbocycles. The van der Waals surface area contributed by atoms with Crippen LogP contribution in [0, 0.1) is 0 Å². The van der Waals surface area contributed by atoms with Crippen LogP contribution < -0.4 is 5.32 Å². The quantitative estimate of drug-likeness (QED) is 0.719. The third-order valence-corrected chi connectivity index (χ3v) is 2.34. The second-order valence-electron chi connectivity index (χ2n) is 3.46. The topological polar surface area (TPSA) is 32.3 Å². The number of rotatable bonds is 6. The van der Waals surface area contributed by atoms with Gasteiger partial charge in [-0.25, -0.2) is 0 Å². The van der Waals surface area contributed by atoms with Crippen molar-refractivity contribution < 1.29 is 5.11 Å². The van der Waals surface area contributed by atoms with Crippen molar-refractivity contribution in [3.8, 4) is 0 Å². The summed E-state index contributed by atoms with van der Waals surface area (Å²) < 4.78 is 0. The number of likely N-dealkylation sites (N-methyl/N-ethyl adjacent to an activating group) is 1. The molecule has 0 aliphatic carbocycles. The standard InChI is InChI=1S/C12H19NO/c1-2-13-12(10-14)9-8-11-6-4-3-5-7-11/h3-7,12-14H,2,8-10H2,1H3. The van der Waals surface area contributed by atoms with E-state index in [9.17, 15) is 0 Å². The van der Waals surface area contributed by atoms with E-state index in [4.69, 9.17) is 5.11 Å². The van der Waals surface area contributed by atoms with E-state index in [0.29, 0.717) is 0 Å². The van der Waals surface area contributed by atoms with Gasteiger partial charge in [-0.2, -0.15) is 0 Å². The fraction of sp³-hybridized carbons (Fsp3) is 0.500. The first kappa shape index (κ1) is 11.2. The first-order valence-electron chi connectivity index (χ1n) is 5.25. The fourth-order valence-electron chi connectivity index (χ4n) is 1.53. The highest BCUT2D eigenvalue weighted by molar-refractivity contribution is 5.14. The van der Waals surface area contributed by atoms with Gasteiger partial charge in [-0.15, -0.1) is 0 Å². The largest absolute Gasteiger partial charge is 0.395 e. The van der Waals surface area contributed by atoms with Crippen LogP contribution >= 0.6 is 0 Å². The minimum atomic E-state index is 0.223. The first-order valence-corrected chi connectivity index (χ1v) is 5.25. The molecule has 0 bridgehead atoms. The van der Waals surface area contributed by atoms with Crippen LogP contribution in [0.5, 0.6) is 0 Å². The maximum atomic E-state index is 9.07. The Morgan fingerprint density at radius 1 is 1.29 bits per heavy atom. The van der Waals surface area contributed by atoms with Crippen LogP contribution in [0.25, 0.3) is 0 Å². The molecule has 78 valence electrons. The van der Waals surface area contributed by atoms with E-state index in [1.807, 2.05) is 6.07 Å². The molecule has 0 aliphatic rings. The van der Waals surface area contributed by atoms with Crippen LogP contribution in [0.1, 0.15) is 18.9 Å². The third-order valence-electron chi connectivity index (χ3n) is 2.34. The number of hydrogen-bond donors (Lipinski definition) is 2. The number of benzene rings is 1. The molecule has 0 heterocycles. The lowest BCUT2D eigenvalue weighted by Gasteiger charge is -2.14. The highest BCUT2D eigenvalue weighted by Gasteiger charge is 2.04. The number of aliphatic hydroxyl groups is 1. The number of aryl methyl sites for hydroxylation is 1. The SMILES string of the molecule is CCNC(CO)CCc1ccccc1. The molecule has 1 aromatic rings. The Bertz CT molecular complexity index is 235. The number of nitrogens with one attached hydrogen (secondary N) is 1. The van der Waals surface area contributed by atoms with Crippen LogP contribution in [-0.4, -0.2) is 24.3 Å². The van der Waals surface area contributed by atoms with Crippen molar-refractivity contribution >= 4 is 0 Å². The molecule has 2 heteroatoms. The lowest BCUT2D eigenvalue weighted by Crippen LogP contribution is -2.32. The molecule has 0 saturated heterocycles. The van der Waals surface area contributed by atoms with Gasteiger partial charge in [0.1, 0.15) is 0 Å². The Morgan fingerprint density at radius 3 is 2.57 bits per heavy atom. The van der Waals surface area contributed by atoms with Gasteiger partial charge in [0.15, 0.2) is 0 Å². The van der Waals surface area contributed by atoms with Crippen LogP contribution in [0.4, 0.5) is 0 Å². The zero-order valence-electron chi connectivity index (χ0n) is 8.74. The molecule has 2 N–H and O–H groups in total. The van der Waals surface area contributed by atoms with Gasteiger partial charge >= 0.3 is 0 Å². The molecule has 0 spiro atoms. The molecule has 0 radical (unpaired) electrons. The Morgan fingerprint density at radius 2 is 2.00 bits per heavy atom. The fourth-order valence-corrected chi connectivity index (χ4v) is 1.53. The lowest BCUT2D eigenvalue weighted by atomic mass is 10.1. The Balaban J connectivity index is 2.32. The number of hydrogen-bond acceptors (Lipinski definition) is 2. The predicted octanol–water partition coefficient (Wildman–Crippen LogP) is 1.59. The molecule has 2 nitrogen and oxygen atoms in total. The zero-order chi connectivity index (χ0) is 10.2. The summed E-state index contributed by atoms with van der Waals surface area (Å²) in [4.78, 5) is 0. The Kier molecular flexibility index (Phi) is 5.27. The van der Waals surface area contributed by atoms with Crippen LogP contribution in [0.15, 0.2) is 30.3 Å². The van der Waals surface area contributed by atoms with Gasteiger partial charge in [0.05, 0.1) is 6.61 Å². The summed E-state index contributed by atoms with van der Waals surface area (Å²) in [7, 11) is 0. The van der Waals surface area contributed by atoms with Crippen molar-refractivity contribution in [3.05, 3.63) is 35.9 Å². The Labute approximate surface area is 86.0 Å². The first-order chi connectivity index (χ1) is 6.86. The molecule has 0 aliphatic heterocycles. The summed E-state index contributed by atoms with van der Waals surface area (Å²) in [5.74, 6) is 0. The van der Waals surface area contributed by atoms with E-state index < -0.39 is 0 Å². The van der Waals surface area contributed by atoms with E-state index >= 15 is 0 Å². The van der Waals surface area contributed by atoms with Gasteiger partial charge in [0.25, 0.3) is 0 Å².